The lowest BCUT2D eigenvalue weighted by atomic mass is 10.1. The second-order valence-electron chi connectivity index (χ2n) is 7.34. The number of nitrogens with one attached hydrogen (secondary N) is 1. The van der Waals surface area contributed by atoms with E-state index in [0.29, 0.717) is 0 Å². The number of aliphatic imine (C=N–C) groups is 1. The van der Waals surface area contributed by atoms with E-state index in [0.717, 1.165) is 46.1 Å². The fourth-order valence-corrected chi connectivity index (χ4v) is 3.53. The minimum absolute atomic E-state index is 0.0533. The largest absolute Gasteiger partial charge is 0.347 e. The molecule has 1 atom stereocenters. The lowest BCUT2D eigenvalue weighted by Crippen LogP contribution is -2.23. The molecule has 4 nitrogen and oxygen atoms in total. The molecule has 0 bridgehead atoms. The summed E-state index contributed by atoms with van der Waals surface area (Å²) in [5.41, 5.74) is 4.99. The summed E-state index contributed by atoms with van der Waals surface area (Å²) in [7, 11) is 0. The highest BCUT2D eigenvalue weighted by Gasteiger charge is 2.14. The van der Waals surface area contributed by atoms with Gasteiger partial charge in [0.25, 0.3) is 0 Å². The number of pyridine rings is 2. The van der Waals surface area contributed by atoms with Crippen molar-refractivity contribution < 1.29 is 0 Å². The van der Waals surface area contributed by atoms with Crippen molar-refractivity contribution in [2.24, 2.45) is 4.99 Å². The molecule has 0 aliphatic rings. The average molecular weight is 435 g/mol. The van der Waals surface area contributed by atoms with Crippen LogP contribution in [0, 0.1) is 6.92 Å². The number of nitrogens with zero attached hydrogens (tertiary/aromatic N) is 3. The first-order valence-electron chi connectivity index (χ1n) is 10.8. The molecule has 5 heteroatoms. The van der Waals surface area contributed by atoms with E-state index in [1.165, 1.54) is 10.5 Å². The normalized spacial score (nSPS) is 13.5. The Kier molecular flexibility index (Phi) is 9.73. The molecule has 0 saturated carbocycles. The maximum Gasteiger partial charge on any atom is 0.134 e. The molecule has 2 rings (SSSR count). The lowest BCUT2D eigenvalue weighted by molar-refractivity contribution is 0.903. The van der Waals surface area contributed by atoms with E-state index in [4.69, 9.17) is 4.99 Å². The number of aryl methyl sites for hydroxylation is 2. The molecular formula is C26H34N4S. The Hall–Kier alpha value is -2.66. The molecule has 0 aliphatic heterocycles. The summed E-state index contributed by atoms with van der Waals surface area (Å²) in [5.74, 6) is 0.786. The van der Waals surface area contributed by atoms with Crippen LogP contribution in [-0.4, -0.2) is 21.8 Å². The fraction of sp³-hybridized carbons (Fsp3) is 0.346. The topological polar surface area (TPSA) is 50.2 Å². The van der Waals surface area contributed by atoms with Crippen molar-refractivity contribution in [1.82, 2.24) is 15.3 Å². The second kappa shape index (κ2) is 12.3. The number of thioether (sulfide) groups is 1. The summed E-state index contributed by atoms with van der Waals surface area (Å²) < 4.78 is 0. The van der Waals surface area contributed by atoms with Gasteiger partial charge in [0.1, 0.15) is 5.84 Å². The van der Waals surface area contributed by atoms with Gasteiger partial charge in [-0.1, -0.05) is 50.4 Å². The summed E-state index contributed by atoms with van der Waals surface area (Å²) in [5, 5.41) is 3.37. The van der Waals surface area contributed by atoms with Gasteiger partial charge in [0, 0.05) is 34.1 Å². The summed E-state index contributed by atoms with van der Waals surface area (Å²) in [6, 6.07) is 6.23. The van der Waals surface area contributed by atoms with Gasteiger partial charge in [0.2, 0.25) is 0 Å². The van der Waals surface area contributed by atoms with Crippen LogP contribution in [0.4, 0.5) is 0 Å². The van der Waals surface area contributed by atoms with Gasteiger partial charge in [-0.3, -0.25) is 15.0 Å². The summed E-state index contributed by atoms with van der Waals surface area (Å²) in [4.78, 5) is 16.5. The smallest absolute Gasteiger partial charge is 0.134 e. The van der Waals surface area contributed by atoms with E-state index in [9.17, 15) is 0 Å². The number of allylic oxidation sites excluding steroid dienone is 3. The minimum Gasteiger partial charge on any atom is -0.347 e. The van der Waals surface area contributed by atoms with Crippen LogP contribution >= 0.6 is 11.8 Å². The van der Waals surface area contributed by atoms with Crippen molar-refractivity contribution in [3.63, 3.8) is 0 Å². The number of aromatic nitrogens is 2. The Morgan fingerprint density at radius 3 is 2.65 bits per heavy atom. The van der Waals surface area contributed by atoms with Crippen molar-refractivity contribution in [1.29, 1.82) is 0 Å². The maximum absolute atomic E-state index is 4.98. The van der Waals surface area contributed by atoms with Crippen LogP contribution in [0.1, 0.15) is 57.9 Å². The van der Waals surface area contributed by atoms with Crippen LogP contribution in [0.3, 0.4) is 0 Å². The third-order valence-electron chi connectivity index (χ3n) is 4.93. The van der Waals surface area contributed by atoms with Crippen LogP contribution in [0.15, 0.2) is 70.3 Å². The standard InChI is InChI=1S/C26H34N4S/c1-8-11-14-27-26(30-19(5)21(7)31-18(4)9-2)24-15-23(17-28-20(24)6)25-13-12-22(10-3)16-29-25/h9,11-17,19H,7-8,10H2,1-6H3,(H,27,30)/b14-11+,18-9-. The maximum atomic E-state index is 4.98. The Balaban J connectivity index is 2.44. The summed E-state index contributed by atoms with van der Waals surface area (Å²) >= 11 is 1.67. The molecule has 2 aromatic rings. The molecule has 164 valence electrons. The van der Waals surface area contributed by atoms with Crippen LogP contribution in [0.2, 0.25) is 0 Å². The molecule has 0 aliphatic carbocycles. The third kappa shape index (κ3) is 7.21. The zero-order chi connectivity index (χ0) is 22.8. The first-order chi connectivity index (χ1) is 14.9. The van der Waals surface area contributed by atoms with Gasteiger partial charge in [-0.25, -0.2) is 0 Å². The Bertz CT molecular complexity index is 971. The molecule has 1 unspecified atom stereocenters. The van der Waals surface area contributed by atoms with Crippen molar-refractivity contribution in [3.05, 3.63) is 82.2 Å². The highest BCUT2D eigenvalue weighted by Crippen LogP contribution is 2.28. The minimum atomic E-state index is -0.0533. The van der Waals surface area contributed by atoms with Crippen molar-refractivity contribution in [2.45, 2.75) is 60.4 Å². The molecule has 1 N–H and O–H groups in total. The molecule has 0 spiro atoms. The van der Waals surface area contributed by atoms with Crippen molar-refractivity contribution in [2.75, 3.05) is 0 Å². The Morgan fingerprint density at radius 2 is 2.03 bits per heavy atom. The van der Waals surface area contributed by atoms with Gasteiger partial charge in [-0.2, -0.15) is 0 Å². The molecule has 31 heavy (non-hydrogen) atoms. The van der Waals surface area contributed by atoms with Gasteiger partial charge in [0.15, 0.2) is 0 Å². The van der Waals surface area contributed by atoms with E-state index < -0.39 is 0 Å². The first kappa shape index (κ1) is 24.6. The molecule has 0 amide bonds. The van der Waals surface area contributed by atoms with Gasteiger partial charge < -0.3 is 5.32 Å². The van der Waals surface area contributed by atoms with Crippen LogP contribution in [-0.2, 0) is 6.42 Å². The average Bonchev–Trinajstić information content (AvgIpc) is 2.78. The van der Waals surface area contributed by atoms with Gasteiger partial charge in [0.05, 0.1) is 11.7 Å². The van der Waals surface area contributed by atoms with E-state index >= 15 is 0 Å². The number of hydrogen-bond donors (Lipinski definition) is 1. The van der Waals surface area contributed by atoms with Crippen molar-refractivity contribution >= 4 is 17.6 Å². The van der Waals surface area contributed by atoms with Crippen LogP contribution in [0.25, 0.3) is 11.3 Å². The number of amidine groups is 1. The highest BCUT2D eigenvalue weighted by atomic mass is 32.2. The number of hydrogen-bond acceptors (Lipinski definition) is 4. The third-order valence-corrected chi connectivity index (χ3v) is 6.09. The van der Waals surface area contributed by atoms with Crippen LogP contribution < -0.4 is 5.32 Å². The van der Waals surface area contributed by atoms with Gasteiger partial charge in [-0.15, -0.1) is 0 Å². The van der Waals surface area contributed by atoms with Crippen molar-refractivity contribution in [3.8, 4) is 11.3 Å². The van der Waals surface area contributed by atoms with Gasteiger partial charge in [-0.05, 0) is 69.3 Å². The quantitative estimate of drug-likeness (QED) is 0.347. The molecule has 2 aromatic heterocycles. The monoisotopic (exact) mass is 434 g/mol. The van der Waals surface area contributed by atoms with E-state index in [-0.39, 0.29) is 6.04 Å². The molecule has 2 heterocycles. The van der Waals surface area contributed by atoms with E-state index in [1.807, 2.05) is 32.4 Å². The highest BCUT2D eigenvalue weighted by molar-refractivity contribution is 8.06. The summed E-state index contributed by atoms with van der Waals surface area (Å²) in [6.07, 6.45) is 11.8. The van der Waals surface area contributed by atoms with Crippen LogP contribution in [0.5, 0.6) is 0 Å². The first-order valence-corrected chi connectivity index (χ1v) is 11.6. The Morgan fingerprint density at radius 1 is 1.26 bits per heavy atom. The predicted molar refractivity (Wildman–Crippen MR) is 136 cm³/mol. The molecule has 0 fully saturated rings. The zero-order valence-corrected chi connectivity index (χ0v) is 20.4. The fourth-order valence-electron chi connectivity index (χ4n) is 2.77. The molecule has 0 radical (unpaired) electrons. The van der Waals surface area contributed by atoms with Gasteiger partial charge >= 0.3 is 0 Å². The van der Waals surface area contributed by atoms with E-state index in [1.54, 1.807) is 11.8 Å². The van der Waals surface area contributed by atoms with E-state index in [2.05, 4.69) is 79.9 Å². The SMILES string of the molecule is C=C(S/C(C)=C\C)C(C)N=C(N/C=C/CC)c1cc(-c2ccc(CC)cn2)cnc1C. The lowest BCUT2D eigenvalue weighted by Gasteiger charge is -2.16. The summed E-state index contributed by atoms with van der Waals surface area (Å²) in [6.45, 7) is 16.7. The second-order valence-corrected chi connectivity index (χ2v) is 8.71. The zero-order valence-electron chi connectivity index (χ0n) is 19.6. The molecular weight excluding hydrogens is 400 g/mol. The predicted octanol–water partition coefficient (Wildman–Crippen LogP) is 6.83. The number of rotatable bonds is 9. The Labute approximate surface area is 191 Å². The molecule has 0 saturated heterocycles. The molecule has 0 aromatic carbocycles.